The lowest BCUT2D eigenvalue weighted by atomic mass is 10.0. The predicted molar refractivity (Wildman–Crippen MR) is 107 cm³/mol. The second-order valence-electron chi connectivity index (χ2n) is 6.58. The van der Waals surface area contributed by atoms with Crippen molar-refractivity contribution in [1.29, 1.82) is 0 Å². The minimum Gasteiger partial charge on any atom is -0.462 e. The van der Waals surface area contributed by atoms with E-state index in [1.165, 1.54) is 11.3 Å². The van der Waals surface area contributed by atoms with Crippen molar-refractivity contribution in [3.63, 3.8) is 0 Å². The molecule has 0 aliphatic heterocycles. The number of hydrogen-bond acceptors (Lipinski definition) is 6. The molecular weight excluding hydrogens is 378 g/mol. The molecule has 1 aromatic carbocycles. The third-order valence-corrected chi connectivity index (χ3v) is 5.54. The number of anilines is 1. The molecule has 0 bridgehead atoms. The first-order valence-corrected chi connectivity index (χ1v) is 10.3. The van der Waals surface area contributed by atoms with Gasteiger partial charge in [0.25, 0.3) is 5.91 Å². The molecule has 1 aliphatic rings. The van der Waals surface area contributed by atoms with Crippen molar-refractivity contribution < 1.29 is 23.9 Å². The molecule has 0 radical (unpaired) electrons. The number of amides is 1. The van der Waals surface area contributed by atoms with Crippen molar-refractivity contribution in [2.75, 3.05) is 18.5 Å². The summed E-state index contributed by atoms with van der Waals surface area (Å²) in [6.45, 7) is 1.60. The lowest BCUT2D eigenvalue weighted by molar-refractivity contribution is -0.151. The first-order chi connectivity index (χ1) is 13.6. The summed E-state index contributed by atoms with van der Waals surface area (Å²) < 4.78 is 10.3. The Labute approximate surface area is 167 Å². The van der Waals surface area contributed by atoms with Crippen LogP contribution in [0, 0.1) is 5.92 Å². The van der Waals surface area contributed by atoms with Gasteiger partial charge in [-0.1, -0.05) is 43.2 Å². The summed E-state index contributed by atoms with van der Waals surface area (Å²) in [5, 5.41) is 4.88. The molecule has 7 heteroatoms. The van der Waals surface area contributed by atoms with Crippen LogP contribution in [-0.2, 0) is 19.1 Å². The molecule has 0 spiro atoms. The molecule has 1 aromatic heterocycles. The van der Waals surface area contributed by atoms with Crippen molar-refractivity contribution in [3.8, 4) is 11.1 Å². The fourth-order valence-corrected chi connectivity index (χ4v) is 4.24. The van der Waals surface area contributed by atoms with Crippen molar-refractivity contribution in [1.82, 2.24) is 0 Å². The Morgan fingerprint density at radius 3 is 2.50 bits per heavy atom. The Balaban J connectivity index is 1.72. The van der Waals surface area contributed by atoms with E-state index in [9.17, 15) is 14.4 Å². The third kappa shape index (κ3) is 4.78. The van der Waals surface area contributed by atoms with E-state index in [2.05, 4.69) is 5.32 Å². The Bertz CT molecular complexity index is 840. The maximum absolute atomic E-state index is 12.5. The second-order valence-corrected chi connectivity index (χ2v) is 7.46. The number of carbonyl (C=O) groups is 3. The van der Waals surface area contributed by atoms with Crippen molar-refractivity contribution >= 4 is 34.2 Å². The van der Waals surface area contributed by atoms with Crippen LogP contribution in [0.4, 0.5) is 5.00 Å². The molecule has 0 unspecified atom stereocenters. The predicted octanol–water partition coefficient (Wildman–Crippen LogP) is 4.26. The van der Waals surface area contributed by atoms with Gasteiger partial charge in [-0.2, -0.15) is 0 Å². The standard InChI is InChI=1S/C21H23NO5S/c1-2-26-21(25)18-16(14-8-4-3-5-9-14)13-28-19(18)22-17(23)12-27-20(24)15-10-6-7-11-15/h3-5,8-9,13,15H,2,6-7,10-12H2,1H3,(H,22,23). The summed E-state index contributed by atoms with van der Waals surface area (Å²) in [6, 6.07) is 9.42. The highest BCUT2D eigenvalue weighted by molar-refractivity contribution is 7.15. The lowest BCUT2D eigenvalue weighted by Gasteiger charge is -2.11. The van der Waals surface area contributed by atoms with Crippen LogP contribution in [0.15, 0.2) is 35.7 Å². The monoisotopic (exact) mass is 401 g/mol. The fourth-order valence-electron chi connectivity index (χ4n) is 3.26. The van der Waals surface area contributed by atoms with Gasteiger partial charge in [0.15, 0.2) is 6.61 Å². The second kappa shape index (κ2) is 9.50. The van der Waals surface area contributed by atoms with Crippen LogP contribution in [0.3, 0.4) is 0 Å². The number of ether oxygens (including phenoxy) is 2. The van der Waals surface area contributed by atoms with Crippen LogP contribution < -0.4 is 5.32 Å². The highest BCUT2D eigenvalue weighted by Crippen LogP contribution is 2.36. The maximum atomic E-state index is 12.5. The Morgan fingerprint density at radius 1 is 1.11 bits per heavy atom. The summed E-state index contributed by atoms with van der Waals surface area (Å²) in [5.41, 5.74) is 1.87. The molecule has 148 valence electrons. The average molecular weight is 401 g/mol. The van der Waals surface area contributed by atoms with Gasteiger partial charge in [-0.25, -0.2) is 4.79 Å². The minimum absolute atomic E-state index is 0.102. The molecule has 3 rings (SSSR count). The van der Waals surface area contributed by atoms with Crippen LogP contribution in [0.25, 0.3) is 11.1 Å². The number of thiophene rings is 1. The molecule has 28 heavy (non-hydrogen) atoms. The molecule has 1 heterocycles. The van der Waals surface area contributed by atoms with Crippen LogP contribution in [-0.4, -0.2) is 31.1 Å². The number of esters is 2. The van der Waals surface area contributed by atoms with Crippen LogP contribution in [0.1, 0.15) is 43.0 Å². The lowest BCUT2D eigenvalue weighted by Crippen LogP contribution is -2.24. The van der Waals surface area contributed by atoms with E-state index in [4.69, 9.17) is 9.47 Å². The van der Waals surface area contributed by atoms with Crippen LogP contribution in [0.5, 0.6) is 0 Å². The number of benzene rings is 1. The summed E-state index contributed by atoms with van der Waals surface area (Å²) >= 11 is 1.24. The summed E-state index contributed by atoms with van der Waals surface area (Å²) in [7, 11) is 0. The van der Waals surface area contributed by atoms with E-state index in [-0.39, 0.29) is 25.1 Å². The molecule has 0 saturated heterocycles. The zero-order valence-electron chi connectivity index (χ0n) is 15.7. The minimum atomic E-state index is -0.499. The van der Waals surface area contributed by atoms with Gasteiger partial charge in [0, 0.05) is 10.9 Å². The van der Waals surface area contributed by atoms with Crippen molar-refractivity contribution in [2.24, 2.45) is 5.92 Å². The van der Waals surface area contributed by atoms with Crippen molar-refractivity contribution in [3.05, 3.63) is 41.3 Å². The van der Waals surface area contributed by atoms with Gasteiger partial charge in [-0.3, -0.25) is 9.59 Å². The van der Waals surface area contributed by atoms with Gasteiger partial charge in [-0.05, 0) is 25.3 Å². The Kier molecular flexibility index (Phi) is 6.81. The van der Waals surface area contributed by atoms with Gasteiger partial charge in [0.05, 0.1) is 12.5 Å². The molecular formula is C21H23NO5S. The summed E-state index contributed by atoms with van der Waals surface area (Å²) in [4.78, 5) is 36.7. The molecule has 1 amide bonds. The summed E-state index contributed by atoms with van der Waals surface area (Å²) in [6.07, 6.45) is 3.68. The Hall–Kier alpha value is -2.67. The summed E-state index contributed by atoms with van der Waals surface area (Å²) in [5.74, 6) is -1.40. The van der Waals surface area contributed by atoms with Gasteiger partial charge in [-0.15, -0.1) is 11.3 Å². The van der Waals surface area contributed by atoms with Gasteiger partial charge < -0.3 is 14.8 Å². The first-order valence-electron chi connectivity index (χ1n) is 9.40. The average Bonchev–Trinajstić information content (AvgIpc) is 3.37. The van der Waals surface area contributed by atoms with Crippen molar-refractivity contribution in [2.45, 2.75) is 32.6 Å². The van der Waals surface area contributed by atoms with Gasteiger partial charge >= 0.3 is 11.9 Å². The third-order valence-electron chi connectivity index (χ3n) is 4.64. The number of hydrogen-bond donors (Lipinski definition) is 1. The fraction of sp³-hybridized carbons (Fsp3) is 0.381. The molecule has 2 aromatic rings. The quantitative estimate of drug-likeness (QED) is 0.701. The number of carbonyl (C=O) groups excluding carboxylic acids is 3. The highest BCUT2D eigenvalue weighted by Gasteiger charge is 2.26. The van der Waals surface area contributed by atoms with Gasteiger partial charge in [0.1, 0.15) is 10.6 Å². The topological polar surface area (TPSA) is 81.7 Å². The molecule has 1 aliphatic carbocycles. The smallest absolute Gasteiger partial charge is 0.341 e. The molecule has 1 saturated carbocycles. The zero-order valence-corrected chi connectivity index (χ0v) is 16.6. The molecule has 6 nitrogen and oxygen atoms in total. The number of rotatable bonds is 7. The largest absolute Gasteiger partial charge is 0.462 e. The normalized spacial score (nSPS) is 13.9. The van der Waals surface area contributed by atoms with Crippen LogP contribution in [0.2, 0.25) is 0 Å². The molecule has 1 fully saturated rings. The van der Waals surface area contributed by atoms with Gasteiger partial charge in [0.2, 0.25) is 0 Å². The van der Waals surface area contributed by atoms with E-state index in [0.29, 0.717) is 16.1 Å². The molecule has 1 N–H and O–H groups in total. The van der Waals surface area contributed by atoms with E-state index >= 15 is 0 Å². The van der Waals surface area contributed by atoms with E-state index in [1.54, 1.807) is 6.92 Å². The van der Waals surface area contributed by atoms with E-state index < -0.39 is 11.9 Å². The first kappa shape index (κ1) is 20.1. The number of nitrogens with one attached hydrogen (secondary N) is 1. The van der Waals surface area contributed by atoms with E-state index in [1.807, 2.05) is 35.7 Å². The zero-order chi connectivity index (χ0) is 19.9. The molecule has 0 atom stereocenters. The van der Waals surface area contributed by atoms with E-state index in [0.717, 1.165) is 31.2 Å². The Morgan fingerprint density at radius 2 is 1.82 bits per heavy atom. The SMILES string of the molecule is CCOC(=O)c1c(-c2ccccc2)csc1NC(=O)COC(=O)C1CCCC1. The van der Waals surface area contributed by atoms with Crippen LogP contribution >= 0.6 is 11.3 Å². The maximum Gasteiger partial charge on any atom is 0.341 e. The highest BCUT2D eigenvalue weighted by atomic mass is 32.1.